The fourth-order valence-corrected chi connectivity index (χ4v) is 1.83. The van der Waals surface area contributed by atoms with E-state index in [1.807, 2.05) is 0 Å². The van der Waals surface area contributed by atoms with Crippen LogP contribution in [0.2, 0.25) is 0 Å². The smallest absolute Gasteiger partial charge is 0.294 e. The van der Waals surface area contributed by atoms with Crippen LogP contribution in [-0.4, -0.2) is 52.8 Å². The Bertz CT molecular complexity index is 447. The van der Waals surface area contributed by atoms with Gasteiger partial charge in [-0.3, -0.25) is 10.1 Å². The van der Waals surface area contributed by atoms with E-state index in [1.54, 1.807) is 11.0 Å². The SMILES string of the molecule is CC(O)Nc1ccc(N(CCO)CCO)cc1[N+](=O)[O-]. The minimum atomic E-state index is -0.912. The summed E-state index contributed by atoms with van der Waals surface area (Å²) in [5.74, 6) is 0. The first-order chi connectivity index (χ1) is 9.49. The highest BCUT2D eigenvalue weighted by atomic mass is 16.6. The van der Waals surface area contributed by atoms with Crippen LogP contribution in [0.3, 0.4) is 0 Å². The highest BCUT2D eigenvalue weighted by Crippen LogP contribution is 2.30. The molecule has 4 N–H and O–H groups in total. The van der Waals surface area contributed by atoms with E-state index in [-0.39, 0.29) is 37.7 Å². The molecule has 0 fully saturated rings. The van der Waals surface area contributed by atoms with Crippen molar-refractivity contribution in [1.82, 2.24) is 0 Å². The van der Waals surface area contributed by atoms with Crippen molar-refractivity contribution in [2.75, 3.05) is 36.5 Å². The molecule has 0 saturated heterocycles. The molecule has 20 heavy (non-hydrogen) atoms. The molecular formula is C12H19N3O5. The van der Waals surface area contributed by atoms with Gasteiger partial charge in [-0.25, -0.2) is 0 Å². The lowest BCUT2D eigenvalue weighted by Gasteiger charge is -2.23. The summed E-state index contributed by atoms with van der Waals surface area (Å²) < 4.78 is 0. The Hall–Kier alpha value is -1.90. The first kappa shape index (κ1) is 16.2. The third kappa shape index (κ3) is 4.34. The highest BCUT2D eigenvalue weighted by Gasteiger charge is 2.17. The summed E-state index contributed by atoms with van der Waals surface area (Å²) in [5, 5.41) is 40.8. The molecule has 0 aliphatic carbocycles. The lowest BCUT2D eigenvalue weighted by atomic mass is 10.2. The van der Waals surface area contributed by atoms with Crippen LogP contribution in [0.5, 0.6) is 0 Å². The molecule has 0 spiro atoms. The van der Waals surface area contributed by atoms with E-state index < -0.39 is 11.2 Å². The van der Waals surface area contributed by atoms with Gasteiger partial charge in [0.2, 0.25) is 0 Å². The van der Waals surface area contributed by atoms with Crippen molar-refractivity contribution >= 4 is 17.1 Å². The first-order valence-corrected chi connectivity index (χ1v) is 6.19. The van der Waals surface area contributed by atoms with E-state index in [1.165, 1.54) is 19.1 Å². The van der Waals surface area contributed by atoms with Gasteiger partial charge in [-0.1, -0.05) is 0 Å². The van der Waals surface area contributed by atoms with Crippen molar-refractivity contribution in [2.24, 2.45) is 0 Å². The standard InChI is InChI=1S/C12H19N3O5/c1-9(18)13-11-3-2-10(8-12(11)15(19)20)14(4-6-16)5-7-17/h2-3,8-9,13,16-18H,4-7H2,1H3. The average molecular weight is 285 g/mol. The number of nitro benzene ring substituents is 1. The van der Waals surface area contributed by atoms with Crippen LogP contribution in [0.25, 0.3) is 0 Å². The molecule has 0 bridgehead atoms. The maximum atomic E-state index is 11.1. The zero-order valence-electron chi connectivity index (χ0n) is 11.2. The van der Waals surface area contributed by atoms with Crippen LogP contribution in [0, 0.1) is 10.1 Å². The lowest BCUT2D eigenvalue weighted by Crippen LogP contribution is -2.29. The maximum Gasteiger partial charge on any atom is 0.294 e. The quantitative estimate of drug-likeness (QED) is 0.304. The molecule has 112 valence electrons. The number of aliphatic hydroxyl groups excluding tert-OH is 3. The molecule has 1 atom stereocenters. The minimum absolute atomic E-state index is 0.124. The van der Waals surface area contributed by atoms with E-state index in [4.69, 9.17) is 10.2 Å². The van der Waals surface area contributed by atoms with E-state index in [2.05, 4.69) is 5.32 Å². The Morgan fingerprint density at radius 1 is 1.35 bits per heavy atom. The van der Waals surface area contributed by atoms with E-state index in [0.717, 1.165) is 0 Å². The number of aliphatic hydroxyl groups is 3. The number of anilines is 2. The number of hydrogen-bond acceptors (Lipinski definition) is 7. The zero-order valence-corrected chi connectivity index (χ0v) is 11.2. The number of nitro groups is 1. The van der Waals surface area contributed by atoms with Crippen molar-refractivity contribution in [2.45, 2.75) is 13.2 Å². The summed E-state index contributed by atoms with van der Waals surface area (Å²) in [4.78, 5) is 12.1. The van der Waals surface area contributed by atoms with Gasteiger partial charge in [-0.15, -0.1) is 0 Å². The zero-order chi connectivity index (χ0) is 15.1. The van der Waals surface area contributed by atoms with Crippen LogP contribution in [0.1, 0.15) is 6.92 Å². The second-order valence-electron chi connectivity index (χ2n) is 4.21. The van der Waals surface area contributed by atoms with Crippen LogP contribution >= 0.6 is 0 Å². The van der Waals surface area contributed by atoms with Crippen LogP contribution in [0.15, 0.2) is 18.2 Å². The van der Waals surface area contributed by atoms with Crippen LogP contribution < -0.4 is 10.2 Å². The fraction of sp³-hybridized carbons (Fsp3) is 0.500. The van der Waals surface area contributed by atoms with Crippen molar-refractivity contribution in [3.05, 3.63) is 28.3 Å². The van der Waals surface area contributed by atoms with Gasteiger partial charge in [-0.05, 0) is 19.1 Å². The summed E-state index contributed by atoms with van der Waals surface area (Å²) >= 11 is 0. The molecule has 0 heterocycles. The van der Waals surface area contributed by atoms with Crippen molar-refractivity contribution in [3.8, 4) is 0 Å². The van der Waals surface area contributed by atoms with Gasteiger partial charge in [-0.2, -0.15) is 0 Å². The molecule has 1 aromatic rings. The van der Waals surface area contributed by atoms with Gasteiger partial charge in [0, 0.05) is 24.8 Å². The summed E-state index contributed by atoms with van der Waals surface area (Å²) in [6.45, 7) is 1.74. The number of hydrogen-bond donors (Lipinski definition) is 4. The number of nitrogens with one attached hydrogen (secondary N) is 1. The second-order valence-corrected chi connectivity index (χ2v) is 4.21. The van der Waals surface area contributed by atoms with Gasteiger partial charge in [0.05, 0.1) is 18.1 Å². The van der Waals surface area contributed by atoms with Gasteiger partial charge >= 0.3 is 0 Å². The lowest BCUT2D eigenvalue weighted by molar-refractivity contribution is -0.383. The van der Waals surface area contributed by atoms with Crippen LogP contribution in [0.4, 0.5) is 17.1 Å². The Morgan fingerprint density at radius 3 is 2.40 bits per heavy atom. The molecule has 0 amide bonds. The van der Waals surface area contributed by atoms with Gasteiger partial charge in [0.25, 0.3) is 5.69 Å². The molecule has 0 radical (unpaired) electrons. The Labute approximate surface area is 116 Å². The Kier molecular flexibility index (Phi) is 6.16. The molecule has 0 aliphatic rings. The van der Waals surface area contributed by atoms with Crippen molar-refractivity contribution in [1.29, 1.82) is 0 Å². The first-order valence-electron chi connectivity index (χ1n) is 6.19. The third-order valence-corrected chi connectivity index (χ3v) is 2.65. The number of benzene rings is 1. The van der Waals surface area contributed by atoms with Gasteiger partial charge < -0.3 is 25.5 Å². The maximum absolute atomic E-state index is 11.1. The van der Waals surface area contributed by atoms with E-state index in [9.17, 15) is 15.2 Å². The van der Waals surface area contributed by atoms with E-state index >= 15 is 0 Å². The average Bonchev–Trinajstić information content (AvgIpc) is 2.38. The molecule has 0 aromatic heterocycles. The van der Waals surface area contributed by atoms with Crippen molar-refractivity contribution in [3.63, 3.8) is 0 Å². The Morgan fingerprint density at radius 2 is 1.95 bits per heavy atom. The summed E-state index contributed by atoms with van der Waals surface area (Å²) in [6.07, 6.45) is -0.912. The largest absolute Gasteiger partial charge is 0.395 e. The normalized spacial score (nSPS) is 12.0. The molecule has 1 unspecified atom stereocenters. The number of rotatable bonds is 8. The molecule has 1 aromatic carbocycles. The van der Waals surface area contributed by atoms with Gasteiger partial charge in [0.15, 0.2) is 0 Å². The second kappa shape index (κ2) is 7.63. The monoisotopic (exact) mass is 285 g/mol. The third-order valence-electron chi connectivity index (χ3n) is 2.65. The molecule has 1 rings (SSSR count). The fourth-order valence-electron chi connectivity index (χ4n) is 1.83. The molecule has 0 saturated carbocycles. The molecular weight excluding hydrogens is 266 g/mol. The van der Waals surface area contributed by atoms with Gasteiger partial charge in [0.1, 0.15) is 11.9 Å². The summed E-state index contributed by atoms with van der Waals surface area (Å²) in [7, 11) is 0. The minimum Gasteiger partial charge on any atom is -0.395 e. The van der Waals surface area contributed by atoms with Crippen molar-refractivity contribution < 1.29 is 20.2 Å². The highest BCUT2D eigenvalue weighted by molar-refractivity contribution is 5.68. The van der Waals surface area contributed by atoms with Crippen LogP contribution in [-0.2, 0) is 0 Å². The Balaban J connectivity index is 3.10. The molecule has 0 aliphatic heterocycles. The predicted octanol–water partition coefficient (Wildman–Crippen LogP) is 0.136. The molecule has 8 heteroatoms. The predicted molar refractivity (Wildman–Crippen MR) is 74.8 cm³/mol. The topological polar surface area (TPSA) is 119 Å². The van der Waals surface area contributed by atoms with E-state index in [0.29, 0.717) is 5.69 Å². The molecule has 8 nitrogen and oxygen atoms in total. The summed E-state index contributed by atoms with van der Waals surface area (Å²) in [6, 6.07) is 4.46. The number of nitrogens with zero attached hydrogens (tertiary/aromatic N) is 2. The summed E-state index contributed by atoms with van der Waals surface area (Å²) in [5.41, 5.74) is 0.557.